The number of benzene rings is 1. The highest BCUT2D eigenvalue weighted by Gasteiger charge is 2.40. The van der Waals surface area contributed by atoms with Crippen molar-refractivity contribution in [2.75, 3.05) is 7.11 Å². The van der Waals surface area contributed by atoms with Crippen LogP contribution in [0.4, 0.5) is 17.6 Å². The Balaban J connectivity index is 3.27. The first-order chi connectivity index (χ1) is 7.27. The monoisotopic (exact) mass is 236 g/mol. The molecule has 0 unspecified atom stereocenters. The van der Waals surface area contributed by atoms with Gasteiger partial charge in [-0.25, -0.2) is 4.39 Å². The van der Waals surface area contributed by atoms with E-state index in [0.717, 1.165) is 12.1 Å². The fourth-order valence-electron chi connectivity index (χ4n) is 1.21. The van der Waals surface area contributed by atoms with Gasteiger partial charge in [-0.3, -0.25) is 4.79 Å². The fourth-order valence-corrected chi connectivity index (χ4v) is 1.21. The number of hydrogen-bond donors (Lipinski definition) is 0. The summed E-state index contributed by atoms with van der Waals surface area (Å²) in [6.07, 6.45) is -5.08. The van der Waals surface area contributed by atoms with Crippen molar-refractivity contribution in [1.82, 2.24) is 0 Å². The van der Waals surface area contributed by atoms with Crippen molar-refractivity contribution in [2.45, 2.75) is 13.1 Å². The average molecular weight is 236 g/mol. The molecule has 0 amide bonds. The molecule has 0 aliphatic heterocycles. The van der Waals surface area contributed by atoms with Crippen LogP contribution in [-0.2, 0) is 0 Å². The molecule has 0 fully saturated rings. The fraction of sp³-hybridized carbons (Fsp3) is 0.300. The SMILES string of the molecule is COc1cc(F)c(C(=O)C(F)(F)F)cc1C. The molecule has 0 aliphatic rings. The summed E-state index contributed by atoms with van der Waals surface area (Å²) >= 11 is 0. The number of rotatable bonds is 2. The molecule has 0 aromatic heterocycles. The van der Waals surface area contributed by atoms with Crippen LogP contribution in [0.5, 0.6) is 5.75 Å². The lowest BCUT2D eigenvalue weighted by Crippen LogP contribution is -2.24. The third-order valence-corrected chi connectivity index (χ3v) is 1.99. The van der Waals surface area contributed by atoms with Gasteiger partial charge in [0.05, 0.1) is 12.7 Å². The summed E-state index contributed by atoms with van der Waals surface area (Å²) in [6.45, 7) is 1.42. The maximum Gasteiger partial charge on any atom is 0.454 e. The summed E-state index contributed by atoms with van der Waals surface area (Å²) in [5, 5.41) is 0. The van der Waals surface area contributed by atoms with E-state index in [4.69, 9.17) is 4.74 Å². The molecule has 0 N–H and O–H groups in total. The number of ether oxygens (including phenoxy) is 1. The van der Waals surface area contributed by atoms with Gasteiger partial charge in [0.1, 0.15) is 11.6 Å². The van der Waals surface area contributed by atoms with Gasteiger partial charge in [-0.05, 0) is 18.6 Å². The number of carbonyl (C=O) groups excluding carboxylic acids is 1. The minimum Gasteiger partial charge on any atom is -0.496 e. The molecule has 16 heavy (non-hydrogen) atoms. The van der Waals surface area contributed by atoms with E-state index in [1.54, 1.807) is 0 Å². The smallest absolute Gasteiger partial charge is 0.454 e. The van der Waals surface area contributed by atoms with Crippen molar-refractivity contribution in [3.8, 4) is 5.75 Å². The number of methoxy groups -OCH3 is 1. The predicted molar refractivity (Wildman–Crippen MR) is 48.1 cm³/mol. The molecule has 0 heterocycles. The standard InChI is InChI=1S/C10H8F4O2/c1-5-3-6(9(15)10(12,13)14)7(11)4-8(5)16-2/h3-4H,1-2H3. The van der Waals surface area contributed by atoms with Gasteiger partial charge < -0.3 is 4.74 Å². The summed E-state index contributed by atoms with van der Waals surface area (Å²) in [7, 11) is 1.26. The Morgan fingerprint density at radius 2 is 1.88 bits per heavy atom. The second-order valence-corrected chi connectivity index (χ2v) is 3.13. The molecule has 0 saturated heterocycles. The van der Waals surface area contributed by atoms with E-state index in [-0.39, 0.29) is 11.3 Å². The maximum absolute atomic E-state index is 13.2. The molecule has 1 rings (SSSR count). The van der Waals surface area contributed by atoms with Gasteiger partial charge in [-0.2, -0.15) is 13.2 Å². The summed E-state index contributed by atoms with van der Waals surface area (Å²) in [6, 6.07) is 1.58. The molecule has 0 spiro atoms. The predicted octanol–water partition coefficient (Wildman–Crippen LogP) is 2.89. The van der Waals surface area contributed by atoms with Crippen LogP contribution in [0, 0.1) is 12.7 Å². The van der Waals surface area contributed by atoms with Crippen LogP contribution in [0.1, 0.15) is 15.9 Å². The Morgan fingerprint density at radius 1 is 1.31 bits per heavy atom. The number of alkyl halides is 3. The lowest BCUT2D eigenvalue weighted by molar-refractivity contribution is -0.0887. The topological polar surface area (TPSA) is 26.3 Å². The van der Waals surface area contributed by atoms with Gasteiger partial charge in [-0.1, -0.05) is 0 Å². The van der Waals surface area contributed by atoms with Gasteiger partial charge in [-0.15, -0.1) is 0 Å². The van der Waals surface area contributed by atoms with Crippen molar-refractivity contribution >= 4 is 5.78 Å². The average Bonchev–Trinajstić information content (AvgIpc) is 2.18. The molecule has 88 valence electrons. The first-order valence-corrected chi connectivity index (χ1v) is 4.23. The number of aryl methyl sites for hydroxylation is 1. The second-order valence-electron chi connectivity index (χ2n) is 3.13. The summed E-state index contributed by atoms with van der Waals surface area (Å²) in [5.41, 5.74) is -0.734. The van der Waals surface area contributed by atoms with Crippen molar-refractivity contribution in [1.29, 1.82) is 0 Å². The second kappa shape index (κ2) is 4.11. The molecule has 6 heteroatoms. The Labute approximate surface area is 88.8 Å². The van der Waals surface area contributed by atoms with E-state index in [1.807, 2.05) is 0 Å². The number of hydrogen-bond acceptors (Lipinski definition) is 2. The molecule has 1 aromatic rings. The minimum absolute atomic E-state index is 0.0937. The van der Waals surface area contributed by atoms with Crippen molar-refractivity contribution in [3.05, 3.63) is 29.1 Å². The molecular weight excluding hydrogens is 228 g/mol. The third-order valence-electron chi connectivity index (χ3n) is 1.99. The van der Waals surface area contributed by atoms with E-state index in [9.17, 15) is 22.4 Å². The molecule has 0 aliphatic carbocycles. The third kappa shape index (κ3) is 2.32. The first kappa shape index (κ1) is 12.5. The highest BCUT2D eigenvalue weighted by molar-refractivity contribution is 6.00. The molecule has 0 saturated carbocycles. The Bertz CT molecular complexity index is 424. The van der Waals surface area contributed by atoms with Crippen molar-refractivity contribution in [2.24, 2.45) is 0 Å². The van der Waals surface area contributed by atoms with E-state index < -0.39 is 23.3 Å². The molecule has 0 bridgehead atoms. The summed E-state index contributed by atoms with van der Waals surface area (Å²) in [5.74, 6) is -3.35. The quantitative estimate of drug-likeness (QED) is 0.583. The zero-order chi connectivity index (χ0) is 12.5. The molecule has 2 nitrogen and oxygen atoms in total. The minimum atomic E-state index is -5.08. The summed E-state index contributed by atoms with van der Waals surface area (Å²) in [4.78, 5) is 10.8. The summed E-state index contributed by atoms with van der Waals surface area (Å²) < 4.78 is 54.2. The van der Waals surface area contributed by atoms with E-state index in [1.165, 1.54) is 14.0 Å². The highest BCUT2D eigenvalue weighted by atomic mass is 19.4. The van der Waals surface area contributed by atoms with Crippen molar-refractivity contribution < 1.29 is 27.1 Å². The normalized spacial score (nSPS) is 11.4. The number of ketones is 1. The number of halogens is 4. The van der Waals surface area contributed by atoms with Crippen LogP contribution < -0.4 is 4.74 Å². The van der Waals surface area contributed by atoms with Crippen LogP contribution in [0.2, 0.25) is 0 Å². The number of Topliss-reactive ketones (excluding diaryl/α,β-unsaturated/α-hetero) is 1. The van der Waals surface area contributed by atoms with Crippen LogP contribution in [-0.4, -0.2) is 19.1 Å². The molecule has 1 aromatic carbocycles. The van der Waals surface area contributed by atoms with Gasteiger partial charge in [0.15, 0.2) is 0 Å². The number of carbonyl (C=O) groups is 1. The van der Waals surface area contributed by atoms with E-state index in [2.05, 4.69) is 0 Å². The Kier molecular flexibility index (Phi) is 3.21. The van der Waals surface area contributed by atoms with Gasteiger partial charge in [0.2, 0.25) is 0 Å². The van der Waals surface area contributed by atoms with Crippen LogP contribution in [0.25, 0.3) is 0 Å². The lowest BCUT2D eigenvalue weighted by atomic mass is 10.1. The van der Waals surface area contributed by atoms with Gasteiger partial charge >= 0.3 is 6.18 Å². The zero-order valence-electron chi connectivity index (χ0n) is 8.48. The molecule has 0 radical (unpaired) electrons. The van der Waals surface area contributed by atoms with Crippen LogP contribution in [0.3, 0.4) is 0 Å². The Morgan fingerprint density at radius 3 is 2.31 bits per heavy atom. The van der Waals surface area contributed by atoms with Gasteiger partial charge in [0, 0.05) is 6.07 Å². The first-order valence-electron chi connectivity index (χ1n) is 4.23. The van der Waals surface area contributed by atoms with E-state index >= 15 is 0 Å². The van der Waals surface area contributed by atoms with Crippen molar-refractivity contribution in [3.63, 3.8) is 0 Å². The van der Waals surface area contributed by atoms with Crippen LogP contribution >= 0.6 is 0 Å². The van der Waals surface area contributed by atoms with Crippen LogP contribution in [0.15, 0.2) is 12.1 Å². The molecular formula is C10H8F4O2. The highest BCUT2D eigenvalue weighted by Crippen LogP contribution is 2.27. The molecule has 0 atom stereocenters. The zero-order valence-corrected chi connectivity index (χ0v) is 8.48. The largest absolute Gasteiger partial charge is 0.496 e. The lowest BCUT2D eigenvalue weighted by Gasteiger charge is -2.09. The van der Waals surface area contributed by atoms with E-state index in [0.29, 0.717) is 0 Å². The van der Waals surface area contributed by atoms with Gasteiger partial charge in [0.25, 0.3) is 5.78 Å². The Hall–Kier alpha value is -1.59. The maximum atomic E-state index is 13.2.